The van der Waals surface area contributed by atoms with Gasteiger partial charge in [0.15, 0.2) is 6.29 Å². The van der Waals surface area contributed by atoms with Gasteiger partial charge < -0.3 is 24.5 Å². The van der Waals surface area contributed by atoms with Crippen LogP contribution >= 0.6 is 0 Å². The van der Waals surface area contributed by atoms with Crippen molar-refractivity contribution >= 4 is 0 Å². The zero-order valence-electron chi connectivity index (χ0n) is 19.6. The summed E-state index contributed by atoms with van der Waals surface area (Å²) < 4.78 is 12.5. The second-order valence-corrected chi connectivity index (χ2v) is 12.0. The van der Waals surface area contributed by atoms with E-state index < -0.39 is 12.4 Å². The van der Waals surface area contributed by atoms with Crippen molar-refractivity contribution in [1.82, 2.24) is 0 Å². The molecule has 1 saturated heterocycles. The van der Waals surface area contributed by atoms with Crippen LogP contribution in [0.1, 0.15) is 82.7 Å². The topological polar surface area (TPSA) is 83.1 Å². The normalized spacial score (nSPS) is 52.4. The third-order valence-electron chi connectivity index (χ3n) is 10.6. The number of hydrogen-bond donors (Lipinski definition) is 3. The van der Waals surface area contributed by atoms with Gasteiger partial charge in [0.2, 0.25) is 0 Å². The first kappa shape index (κ1) is 21.4. The lowest BCUT2D eigenvalue weighted by molar-refractivity contribution is -0.213. The van der Waals surface area contributed by atoms with Crippen LogP contribution in [-0.4, -0.2) is 39.4 Å². The molecule has 3 saturated carbocycles. The van der Waals surface area contributed by atoms with Gasteiger partial charge in [-0.25, -0.2) is 0 Å². The molecule has 0 amide bonds. The molecule has 1 spiro atoms. The smallest absolute Gasteiger partial charge is 0.155 e. The lowest BCUT2D eigenvalue weighted by atomic mass is 9.44. The molecule has 5 nitrogen and oxygen atoms in total. The van der Waals surface area contributed by atoms with E-state index in [2.05, 4.69) is 26.0 Å². The highest BCUT2D eigenvalue weighted by molar-refractivity contribution is 5.34. The van der Waals surface area contributed by atoms with Crippen LogP contribution in [0.2, 0.25) is 0 Å². The fourth-order valence-electron chi connectivity index (χ4n) is 9.10. The summed E-state index contributed by atoms with van der Waals surface area (Å²) in [6.45, 7) is 6.64. The van der Waals surface area contributed by atoms with E-state index in [1.807, 2.05) is 13.0 Å². The number of aliphatic hydroxyl groups is 3. The summed E-state index contributed by atoms with van der Waals surface area (Å²) in [5, 5.41) is 32.6. The lowest BCUT2D eigenvalue weighted by Crippen LogP contribution is -2.61. The molecular weight excluding hydrogens is 404 g/mol. The van der Waals surface area contributed by atoms with E-state index in [9.17, 15) is 15.3 Å². The lowest BCUT2D eigenvalue weighted by Gasteiger charge is -2.62. The Morgan fingerprint density at radius 3 is 2.47 bits per heavy atom. The molecule has 1 aromatic heterocycles. The molecule has 3 N–H and O–H groups in total. The summed E-state index contributed by atoms with van der Waals surface area (Å²) in [6, 6.07) is 4.15. The molecule has 5 heteroatoms. The van der Waals surface area contributed by atoms with E-state index in [0.29, 0.717) is 18.8 Å². The van der Waals surface area contributed by atoms with Gasteiger partial charge in [0.05, 0.1) is 17.8 Å². The Hall–Kier alpha value is -1.14. The zero-order chi connectivity index (χ0) is 22.5. The first-order valence-corrected chi connectivity index (χ1v) is 12.7. The molecular formula is C27H38O5. The van der Waals surface area contributed by atoms with Gasteiger partial charge >= 0.3 is 0 Å². The van der Waals surface area contributed by atoms with Crippen molar-refractivity contribution in [3.8, 4) is 0 Å². The highest BCUT2D eigenvalue weighted by Gasteiger charge is 2.69. The van der Waals surface area contributed by atoms with Crippen LogP contribution in [0.3, 0.4) is 0 Å². The van der Waals surface area contributed by atoms with Crippen molar-refractivity contribution in [3.63, 3.8) is 0 Å². The number of aliphatic hydroxyl groups excluding tert-OH is 3. The Bertz CT molecular complexity index is 936. The molecule has 0 aromatic carbocycles. The molecule has 1 aliphatic heterocycles. The van der Waals surface area contributed by atoms with Crippen LogP contribution in [0.4, 0.5) is 0 Å². The van der Waals surface area contributed by atoms with Crippen molar-refractivity contribution in [3.05, 3.63) is 35.3 Å². The quantitative estimate of drug-likeness (QED) is 0.560. The van der Waals surface area contributed by atoms with Crippen molar-refractivity contribution in [2.75, 3.05) is 0 Å². The monoisotopic (exact) mass is 442 g/mol. The molecule has 10 atom stereocenters. The maximum atomic E-state index is 11.8. The molecule has 4 aliphatic carbocycles. The van der Waals surface area contributed by atoms with Crippen LogP contribution in [0.15, 0.2) is 28.2 Å². The highest BCUT2D eigenvalue weighted by Crippen LogP contribution is 2.71. The summed E-state index contributed by atoms with van der Waals surface area (Å²) in [5.41, 5.74) is 0.717. The molecule has 2 heterocycles. The second-order valence-electron chi connectivity index (χ2n) is 12.0. The summed E-state index contributed by atoms with van der Waals surface area (Å²) in [4.78, 5) is 0. The highest BCUT2D eigenvalue weighted by atomic mass is 16.6. The van der Waals surface area contributed by atoms with E-state index in [1.165, 1.54) is 5.57 Å². The summed E-state index contributed by atoms with van der Waals surface area (Å²) in [6.07, 6.45) is 7.72. The van der Waals surface area contributed by atoms with Crippen molar-refractivity contribution in [2.45, 2.75) is 102 Å². The van der Waals surface area contributed by atoms with Crippen LogP contribution < -0.4 is 0 Å². The predicted molar refractivity (Wildman–Crippen MR) is 120 cm³/mol. The minimum atomic E-state index is -0.681. The summed E-state index contributed by atoms with van der Waals surface area (Å²) >= 11 is 0. The van der Waals surface area contributed by atoms with E-state index in [-0.39, 0.29) is 40.3 Å². The Morgan fingerprint density at radius 1 is 1.00 bits per heavy atom. The molecule has 4 fully saturated rings. The molecule has 5 aliphatic rings. The molecule has 0 radical (unpaired) electrons. The summed E-state index contributed by atoms with van der Waals surface area (Å²) in [5.74, 6) is 2.80. The van der Waals surface area contributed by atoms with E-state index in [1.54, 1.807) is 0 Å². The fourth-order valence-corrected chi connectivity index (χ4v) is 9.10. The maximum absolute atomic E-state index is 11.8. The largest absolute Gasteiger partial charge is 0.466 e. The van der Waals surface area contributed by atoms with Crippen LogP contribution in [-0.2, 0) is 4.74 Å². The number of fused-ring (bicyclic) bond motifs is 6. The number of allylic oxidation sites excluding steroid dienone is 1. The Kier molecular flexibility index (Phi) is 4.64. The van der Waals surface area contributed by atoms with Gasteiger partial charge in [0.1, 0.15) is 11.5 Å². The second kappa shape index (κ2) is 6.94. The Labute approximate surface area is 190 Å². The van der Waals surface area contributed by atoms with Gasteiger partial charge in [0.25, 0.3) is 0 Å². The van der Waals surface area contributed by atoms with E-state index in [4.69, 9.17) is 9.15 Å². The fraction of sp³-hybridized carbons (Fsp3) is 0.778. The molecule has 6 rings (SSSR count). The van der Waals surface area contributed by atoms with Gasteiger partial charge in [0, 0.05) is 17.8 Å². The molecule has 32 heavy (non-hydrogen) atoms. The van der Waals surface area contributed by atoms with Crippen LogP contribution in [0.25, 0.3) is 0 Å². The van der Waals surface area contributed by atoms with E-state index >= 15 is 0 Å². The van der Waals surface area contributed by atoms with Crippen molar-refractivity contribution in [2.24, 2.45) is 28.6 Å². The van der Waals surface area contributed by atoms with Gasteiger partial charge in [-0.1, -0.05) is 25.5 Å². The van der Waals surface area contributed by atoms with Crippen LogP contribution in [0.5, 0.6) is 0 Å². The molecule has 1 aromatic rings. The maximum Gasteiger partial charge on any atom is 0.155 e. The summed E-state index contributed by atoms with van der Waals surface area (Å²) in [7, 11) is 0. The Balaban J connectivity index is 1.49. The number of rotatable bonds is 1. The zero-order valence-corrected chi connectivity index (χ0v) is 19.6. The minimum absolute atomic E-state index is 0.0887. The Morgan fingerprint density at radius 2 is 1.78 bits per heavy atom. The van der Waals surface area contributed by atoms with Crippen molar-refractivity contribution in [1.29, 1.82) is 0 Å². The van der Waals surface area contributed by atoms with Gasteiger partial charge in [-0.15, -0.1) is 0 Å². The predicted octanol–water partition coefficient (Wildman–Crippen LogP) is 4.44. The number of ether oxygens (including phenoxy) is 1. The van der Waals surface area contributed by atoms with Gasteiger partial charge in [-0.3, -0.25) is 0 Å². The average Bonchev–Trinajstić information content (AvgIpc) is 3.40. The third-order valence-corrected chi connectivity index (χ3v) is 10.6. The first-order chi connectivity index (χ1) is 15.2. The third kappa shape index (κ3) is 2.71. The van der Waals surface area contributed by atoms with Crippen molar-refractivity contribution < 1.29 is 24.5 Å². The van der Waals surface area contributed by atoms with Gasteiger partial charge in [-0.2, -0.15) is 0 Å². The number of aryl methyl sites for hydroxylation is 1. The number of hydrogen-bond acceptors (Lipinski definition) is 5. The standard InChI is InChI=1S/C27H38O5/c1-15-4-5-21(31-15)18-13-16-12-17(28)6-9-25(16,2)24-20(29)14-26(3)19(23(18)24)7-10-27(26)11-8-22(30)32-27/h4-5,13,17-20,22-24,28-30H,6-12,14H2,1-3H3/t17-,18-,19-,20+,22?,23-,24?,25-,26-,27?/m0/s1. The molecule has 3 unspecified atom stereocenters. The average molecular weight is 443 g/mol. The van der Waals surface area contributed by atoms with Crippen LogP contribution in [0, 0.1) is 35.5 Å². The number of furan rings is 1. The SMILES string of the molecule is Cc1ccc([C@@H]2C=C3C[C@@H](O)CC[C@]3(C)C3[C@@H]2[C@@H]2CCC4(CCC(O)O4)[C@@]2(C)C[C@H]3O)o1. The molecule has 176 valence electrons. The minimum Gasteiger partial charge on any atom is -0.466 e. The molecule has 0 bridgehead atoms. The first-order valence-electron chi connectivity index (χ1n) is 12.7. The van der Waals surface area contributed by atoms with Gasteiger partial charge in [-0.05, 0) is 87.2 Å². The van der Waals surface area contributed by atoms with E-state index in [0.717, 1.165) is 50.0 Å².